The number of aliphatic carboxylic acids is 1. The molecule has 1 aliphatic rings. The lowest BCUT2D eigenvalue weighted by Gasteiger charge is -2.17. The molecule has 1 saturated carbocycles. The summed E-state index contributed by atoms with van der Waals surface area (Å²) in [6.45, 7) is 4.20. The van der Waals surface area contributed by atoms with Crippen LogP contribution in [-0.4, -0.2) is 18.2 Å². The first-order valence-electron chi connectivity index (χ1n) is 6.62. The number of ether oxygens (including phenoxy) is 1. The first-order valence-corrected chi connectivity index (χ1v) is 6.62. The normalized spacial score (nSPS) is 23.2. The van der Waals surface area contributed by atoms with E-state index >= 15 is 0 Å². The molecule has 1 aromatic rings. The molecule has 3 unspecified atom stereocenters. The average Bonchev–Trinajstić information content (AvgIpc) is 3.17. The van der Waals surface area contributed by atoms with Gasteiger partial charge in [0.2, 0.25) is 0 Å². The lowest BCUT2D eigenvalue weighted by atomic mass is 9.94. The molecule has 0 radical (unpaired) electrons. The smallest absolute Gasteiger partial charge is 0.306 e. The number of hydrogen-bond donors (Lipinski definition) is 2. The van der Waals surface area contributed by atoms with Gasteiger partial charge in [-0.05, 0) is 35.4 Å². The molecule has 19 heavy (non-hydrogen) atoms. The van der Waals surface area contributed by atoms with Gasteiger partial charge in [0, 0.05) is 6.04 Å². The second-order valence-corrected chi connectivity index (χ2v) is 5.53. The number of carboxylic acid groups (broad SMARTS) is 1. The Hall–Kier alpha value is -1.55. The fourth-order valence-electron chi connectivity index (χ4n) is 2.55. The van der Waals surface area contributed by atoms with E-state index in [1.54, 1.807) is 7.11 Å². The van der Waals surface area contributed by atoms with Gasteiger partial charge in [0.05, 0.1) is 13.0 Å². The molecule has 104 valence electrons. The van der Waals surface area contributed by atoms with E-state index in [1.165, 1.54) is 0 Å². The minimum Gasteiger partial charge on any atom is -0.496 e. The lowest BCUT2D eigenvalue weighted by molar-refractivity contribution is -0.138. The monoisotopic (exact) mass is 263 g/mol. The second-order valence-electron chi connectivity index (χ2n) is 5.53. The third-order valence-corrected chi connectivity index (χ3v) is 3.88. The number of hydrogen-bond acceptors (Lipinski definition) is 3. The van der Waals surface area contributed by atoms with E-state index in [9.17, 15) is 4.79 Å². The molecule has 0 bridgehead atoms. The summed E-state index contributed by atoms with van der Waals surface area (Å²) in [6, 6.07) is 5.70. The van der Waals surface area contributed by atoms with Gasteiger partial charge in [0.15, 0.2) is 0 Å². The summed E-state index contributed by atoms with van der Waals surface area (Å²) in [5.74, 6) is 0.247. The van der Waals surface area contributed by atoms with E-state index in [0.29, 0.717) is 12.3 Å². The first-order chi connectivity index (χ1) is 8.95. The molecule has 0 heterocycles. The van der Waals surface area contributed by atoms with E-state index in [4.69, 9.17) is 15.6 Å². The van der Waals surface area contributed by atoms with Crippen LogP contribution in [0.2, 0.25) is 0 Å². The molecule has 3 N–H and O–H groups in total. The molecule has 4 nitrogen and oxygen atoms in total. The highest BCUT2D eigenvalue weighted by atomic mass is 16.5. The summed E-state index contributed by atoms with van der Waals surface area (Å²) < 4.78 is 5.34. The van der Waals surface area contributed by atoms with Gasteiger partial charge < -0.3 is 15.6 Å². The van der Waals surface area contributed by atoms with Crippen molar-refractivity contribution in [1.29, 1.82) is 0 Å². The Labute approximate surface area is 113 Å². The predicted molar refractivity (Wildman–Crippen MR) is 73.2 cm³/mol. The molecule has 4 heteroatoms. The van der Waals surface area contributed by atoms with Crippen LogP contribution >= 0.6 is 0 Å². The molecule has 2 rings (SSSR count). The van der Waals surface area contributed by atoms with Crippen LogP contribution in [-0.2, 0) is 4.79 Å². The number of methoxy groups -OCH3 is 1. The fraction of sp³-hybridized carbons (Fsp3) is 0.533. The summed E-state index contributed by atoms with van der Waals surface area (Å²) in [5, 5.41) is 8.97. The van der Waals surface area contributed by atoms with Gasteiger partial charge in [-0.2, -0.15) is 0 Å². The maximum Gasteiger partial charge on any atom is 0.306 e. The van der Waals surface area contributed by atoms with Crippen LogP contribution in [0, 0.1) is 11.8 Å². The summed E-state index contributed by atoms with van der Waals surface area (Å²) in [7, 11) is 1.65. The van der Waals surface area contributed by atoms with Crippen molar-refractivity contribution in [2.75, 3.05) is 7.11 Å². The van der Waals surface area contributed by atoms with Crippen LogP contribution in [0.25, 0.3) is 0 Å². The first kappa shape index (κ1) is 13.9. The second kappa shape index (κ2) is 5.21. The van der Waals surface area contributed by atoms with Crippen molar-refractivity contribution in [1.82, 2.24) is 0 Å². The number of carbonyl (C=O) groups is 1. The van der Waals surface area contributed by atoms with Crippen LogP contribution in [0.15, 0.2) is 18.2 Å². The Bertz CT molecular complexity index is 484. The number of benzene rings is 1. The van der Waals surface area contributed by atoms with Crippen molar-refractivity contribution in [3.63, 3.8) is 0 Å². The highest BCUT2D eigenvalue weighted by Gasteiger charge is 2.47. The zero-order valence-electron chi connectivity index (χ0n) is 11.6. The van der Waals surface area contributed by atoms with Crippen LogP contribution in [0.5, 0.6) is 5.75 Å². The third kappa shape index (κ3) is 2.73. The number of nitrogens with two attached hydrogens (primary N) is 1. The van der Waals surface area contributed by atoms with Gasteiger partial charge >= 0.3 is 5.97 Å². The Kier molecular flexibility index (Phi) is 3.80. The molecule has 0 aromatic heterocycles. The van der Waals surface area contributed by atoms with Crippen molar-refractivity contribution in [2.24, 2.45) is 17.6 Å². The van der Waals surface area contributed by atoms with Gasteiger partial charge in [-0.15, -0.1) is 0 Å². The van der Waals surface area contributed by atoms with Crippen molar-refractivity contribution in [3.05, 3.63) is 29.3 Å². The highest BCUT2D eigenvalue weighted by Crippen LogP contribution is 2.47. The zero-order valence-corrected chi connectivity index (χ0v) is 11.6. The maximum atomic E-state index is 10.9. The van der Waals surface area contributed by atoms with Gasteiger partial charge in [-0.1, -0.05) is 26.0 Å². The van der Waals surface area contributed by atoms with Gasteiger partial charge in [-0.3, -0.25) is 4.79 Å². The predicted octanol–water partition coefficient (Wildman–Crippen LogP) is 2.54. The Morgan fingerprint density at radius 3 is 2.63 bits per heavy atom. The van der Waals surface area contributed by atoms with Crippen molar-refractivity contribution in [2.45, 2.75) is 32.2 Å². The standard InChI is InChI=1S/C15H21NO3/c1-8(2)10-6-9(4-5-13(10)19-3)14(16)11-7-12(11)15(17)18/h4-6,8,11-12,14H,7,16H2,1-3H3,(H,17,18). The average molecular weight is 263 g/mol. The van der Waals surface area contributed by atoms with E-state index in [2.05, 4.69) is 13.8 Å². The van der Waals surface area contributed by atoms with Gasteiger partial charge in [0.25, 0.3) is 0 Å². The quantitative estimate of drug-likeness (QED) is 0.856. The van der Waals surface area contributed by atoms with Crippen LogP contribution in [0.3, 0.4) is 0 Å². The summed E-state index contributed by atoms with van der Waals surface area (Å²) in [4.78, 5) is 10.9. The Balaban J connectivity index is 2.21. The number of carboxylic acids is 1. The van der Waals surface area contributed by atoms with E-state index < -0.39 is 5.97 Å². The molecular formula is C15H21NO3. The lowest BCUT2D eigenvalue weighted by Crippen LogP contribution is -2.16. The zero-order chi connectivity index (χ0) is 14.2. The maximum absolute atomic E-state index is 10.9. The number of rotatable bonds is 5. The van der Waals surface area contributed by atoms with Gasteiger partial charge in [-0.25, -0.2) is 0 Å². The van der Waals surface area contributed by atoms with Gasteiger partial charge in [0.1, 0.15) is 5.75 Å². The SMILES string of the molecule is COc1ccc(C(N)C2CC2C(=O)O)cc1C(C)C. The van der Waals surface area contributed by atoms with Crippen LogP contribution in [0.1, 0.15) is 43.4 Å². The summed E-state index contributed by atoms with van der Waals surface area (Å²) in [5.41, 5.74) is 8.30. The Morgan fingerprint density at radius 2 is 2.16 bits per heavy atom. The molecule has 1 aromatic carbocycles. The Morgan fingerprint density at radius 1 is 1.47 bits per heavy atom. The van der Waals surface area contributed by atoms with Crippen LogP contribution < -0.4 is 10.5 Å². The highest BCUT2D eigenvalue weighted by molar-refractivity contribution is 5.73. The minimum atomic E-state index is -0.738. The fourth-order valence-corrected chi connectivity index (χ4v) is 2.55. The van der Waals surface area contributed by atoms with Crippen molar-refractivity contribution >= 4 is 5.97 Å². The molecular weight excluding hydrogens is 242 g/mol. The largest absolute Gasteiger partial charge is 0.496 e. The van der Waals surface area contributed by atoms with Crippen LogP contribution in [0.4, 0.5) is 0 Å². The molecule has 0 aliphatic heterocycles. The van der Waals surface area contributed by atoms with Crippen molar-refractivity contribution in [3.8, 4) is 5.75 Å². The van der Waals surface area contributed by atoms with Crippen molar-refractivity contribution < 1.29 is 14.6 Å². The topological polar surface area (TPSA) is 72.5 Å². The van der Waals surface area contributed by atoms with E-state index in [0.717, 1.165) is 16.9 Å². The molecule has 0 amide bonds. The summed E-state index contributed by atoms with van der Waals surface area (Å²) >= 11 is 0. The molecule has 3 atom stereocenters. The summed E-state index contributed by atoms with van der Waals surface area (Å²) in [6.07, 6.45) is 0.680. The third-order valence-electron chi connectivity index (χ3n) is 3.88. The molecule has 0 saturated heterocycles. The molecule has 0 spiro atoms. The van der Waals surface area contributed by atoms with E-state index in [-0.39, 0.29) is 17.9 Å². The molecule has 1 fully saturated rings. The minimum absolute atomic E-state index is 0.0610. The molecule has 1 aliphatic carbocycles. The van der Waals surface area contributed by atoms with E-state index in [1.807, 2.05) is 18.2 Å².